The van der Waals surface area contributed by atoms with Gasteiger partial charge in [-0.3, -0.25) is 10.1 Å². The minimum atomic E-state index is -0.592. The van der Waals surface area contributed by atoms with Gasteiger partial charge in [0.05, 0.1) is 18.1 Å². The van der Waals surface area contributed by atoms with Gasteiger partial charge in [-0.1, -0.05) is 0 Å². The Labute approximate surface area is 74.1 Å². The van der Waals surface area contributed by atoms with Crippen molar-refractivity contribution in [1.82, 2.24) is 0 Å². The zero-order valence-corrected chi connectivity index (χ0v) is 7.20. The number of nitro benzene ring substituents is 1. The van der Waals surface area contributed by atoms with Gasteiger partial charge in [0.25, 0.3) is 5.69 Å². The normalized spacial score (nSPS) is 9.77. The lowest BCUT2D eigenvalue weighted by Crippen LogP contribution is -1.95. The number of nitrogens with zero attached hydrogens (tertiary/aromatic N) is 1. The first-order valence-corrected chi connectivity index (χ1v) is 3.54. The molecule has 0 aromatic heterocycles. The molecular weight excluding hydrogens is 177 g/mol. The number of ether oxygens (including phenoxy) is 1. The summed E-state index contributed by atoms with van der Waals surface area (Å²) >= 11 is 0. The molecule has 0 atom stereocenters. The van der Waals surface area contributed by atoms with Gasteiger partial charge in [0.15, 0.2) is 11.6 Å². The molecule has 0 heterocycles. The molecule has 70 valence electrons. The lowest BCUT2D eigenvalue weighted by Gasteiger charge is -2.02. The number of hydrogen-bond donors (Lipinski definition) is 0. The molecule has 0 bridgehead atoms. The fourth-order valence-electron chi connectivity index (χ4n) is 0.995. The predicted octanol–water partition coefficient (Wildman–Crippen LogP) is 2.05. The number of hydrogen-bond acceptors (Lipinski definition) is 3. The quantitative estimate of drug-likeness (QED) is 0.523. The molecular formula is C8H8FNO3. The summed E-state index contributed by atoms with van der Waals surface area (Å²) in [6.45, 7) is 1.47. The van der Waals surface area contributed by atoms with Crippen LogP contribution in [-0.4, -0.2) is 12.0 Å². The van der Waals surface area contributed by atoms with Crippen molar-refractivity contribution in [3.63, 3.8) is 0 Å². The highest BCUT2D eigenvalue weighted by Gasteiger charge is 2.15. The largest absolute Gasteiger partial charge is 0.493 e. The van der Waals surface area contributed by atoms with Crippen molar-refractivity contribution in [3.05, 3.63) is 33.6 Å². The molecule has 4 nitrogen and oxygen atoms in total. The fourth-order valence-corrected chi connectivity index (χ4v) is 0.995. The van der Waals surface area contributed by atoms with Crippen molar-refractivity contribution < 1.29 is 14.1 Å². The van der Waals surface area contributed by atoms with Crippen LogP contribution >= 0.6 is 0 Å². The molecule has 5 heteroatoms. The average Bonchev–Trinajstić information content (AvgIpc) is 2.03. The molecule has 0 aliphatic rings. The third-order valence-electron chi connectivity index (χ3n) is 1.67. The van der Waals surface area contributed by atoms with E-state index in [4.69, 9.17) is 0 Å². The van der Waals surface area contributed by atoms with Crippen LogP contribution in [-0.2, 0) is 0 Å². The smallest absolute Gasteiger partial charge is 0.276 e. The van der Waals surface area contributed by atoms with Crippen LogP contribution in [0, 0.1) is 22.9 Å². The van der Waals surface area contributed by atoms with Gasteiger partial charge in [0.1, 0.15) is 0 Å². The first-order chi connectivity index (χ1) is 6.06. The summed E-state index contributed by atoms with van der Waals surface area (Å²) < 4.78 is 17.6. The molecule has 0 spiro atoms. The van der Waals surface area contributed by atoms with Crippen LogP contribution in [0.5, 0.6) is 5.75 Å². The van der Waals surface area contributed by atoms with Crippen LogP contribution in [0.15, 0.2) is 12.1 Å². The van der Waals surface area contributed by atoms with Gasteiger partial charge in [-0.25, -0.2) is 4.39 Å². The molecule has 1 aromatic rings. The van der Waals surface area contributed by atoms with Crippen molar-refractivity contribution >= 4 is 5.69 Å². The Morgan fingerprint density at radius 3 is 2.62 bits per heavy atom. The second-order valence-corrected chi connectivity index (χ2v) is 2.53. The van der Waals surface area contributed by atoms with E-state index >= 15 is 0 Å². The van der Waals surface area contributed by atoms with E-state index in [9.17, 15) is 14.5 Å². The molecule has 0 aliphatic heterocycles. The van der Waals surface area contributed by atoms with Crippen LogP contribution in [0.4, 0.5) is 10.1 Å². The van der Waals surface area contributed by atoms with E-state index in [-0.39, 0.29) is 17.0 Å². The zero-order chi connectivity index (χ0) is 10.0. The van der Waals surface area contributed by atoms with Gasteiger partial charge < -0.3 is 4.74 Å². The topological polar surface area (TPSA) is 52.4 Å². The first kappa shape index (κ1) is 9.44. The van der Waals surface area contributed by atoms with E-state index in [0.29, 0.717) is 0 Å². The zero-order valence-electron chi connectivity index (χ0n) is 7.20. The van der Waals surface area contributed by atoms with Crippen LogP contribution in [0.25, 0.3) is 0 Å². The lowest BCUT2D eigenvalue weighted by molar-refractivity contribution is -0.385. The number of nitro groups is 1. The molecule has 0 N–H and O–H groups in total. The Bertz CT molecular complexity index is 351. The summed E-state index contributed by atoms with van der Waals surface area (Å²) in [4.78, 5) is 9.86. The van der Waals surface area contributed by atoms with E-state index in [2.05, 4.69) is 4.74 Å². The van der Waals surface area contributed by atoms with Gasteiger partial charge in [-0.15, -0.1) is 0 Å². The van der Waals surface area contributed by atoms with Crippen molar-refractivity contribution in [2.24, 2.45) is 0 Å². The van der Waals surface area contributed by atoms with E-state index in [1.165, 1.54) is 14.0 Å². The van der Waals surface area contributed by atoms with Gasteiger partial charge in [0.2, 0.25) is 0 Å². The highest BCUT2D eigenvalue weighted by molar-refractivity contribution is 5.46. The van der Waals surface area contributed by atoms with Gasteiger partial charge in [-0.05, 0) is 13.0 Å². The Hall–Kier alpha value is -1.65. The van der Waals surface area contributed by atoms with Crippen LogP contribution in [0.1, 0.15) is 5.56 Å². The van der Waals surface area contributed by atoms with Crippen molar-refractivity contribution in [1.29, 1.82) is 0 Å². The highest BCUT2D eigenvalue weighted by atomic mass is 19.1. The number of halogens is 1. The molecule has 0 radical (unpaired) electrons. The van der Waals surface area contributed by atoms with Crippen molar-refractivity contribution in [2.45, 2.75) is 6.92 Å². The minimum absolute atomic E-state index is 0.114. The Morgan fingerprint density at radius 1 is 1.54 bits per heavy atom. The number of rotatable bonds is 2. The second-order valence-electron chi connectivity index (χ2n) is 2.53. The molecule has 0 saturated heterocycles. The first-order valence-electron chi connectivity index (χ1n) is 3.54. The Kier molecular flexibility index (Phi) is 2.46. The van der Waals surface area contributed by atoms with E-state index in [1.807, 2.05) is 0 Å². The summed E-state index contributed by atoms with van der Waals surface area (Å²) in [6.07, 6.45) is 0. The molecule has 1 aromatic carbocycles. The van der Waals surface area contributed by atoms with Gasteiger partial charge in [0, 0.05) is 5.56 Å². The predicted molar refractivity (Wildman–Crippen MR) is 44.3 cm³/mol. The second kappa shape index (κ2) is 3.38. The SMILES string of the molecule is COc1cc([N+](=O)[O-])c(C)cc1F. The number of benzene rings is 1. The van der Waals surface area contributed by atoms with Crippen LogP contribution < -0.4 is 4.74 Å². The third kappa shape index (κ3) is 1.74. The van der Waals surface area contributed by atoms with Crippen LogP contribution in [0.3, 0.4) is 0 Å². The van der Waals surface area contributed by atoms with Gasteiger partial charge in [-0.2, -0.15) is 0 Å². The molecule has 13 heavy (non-hydrogen) atoms. The van der Waals surface area contributed by atoms with Crippen molar-refractivity contribution in [2.75, 3.05) is 7.11 Å². The average molecular weight is 185 g/mol. The Balaban J connectivity index is 3.30. The minimum Gasteiger partial charge on any atom is -0.493 e. The molecule has 0 fully saturated rings. The maximum Gasteiger partial charge on any atom is 0.276 e. The maximum absolute atomic E-state index is 12.9. The number of methoxy groups -OCH3 is 1. The van der Waals surface area contributed by atoms with E-state index in [0.717, 1.165) is 12.1 Å². The van der Waals surface area contributed by atoms with Crippen LogP contribution in [0.2, 0.25) is 0 Å². The monoisotopic (exact) mass is 185 g/mol. The molecule has 0 aliphatic carbocycles. The van der Waals surface area contributed by atoms with E-state index in [1.54, 1.807) is 0 Å². The fraction of sp³-hybridized carbons (Fsp3) is 0.250. The van der Waals surface area contributed by atoms with Gasteiger partial charge >= 0.3 is 0 Å². The maximum atomic E-state index is 12.9. The molecule has 0 saturated carbocycles. The molecule has 0 unspecified atom stereocenters. The summed E-state index contributed by atoms with van der Waals surface area (Å²) in [5.74, 6) is -0.706. The number of aryl methyl sites for hydroxylation is 1. The summed E-state index contributed by atoms with van der Waals surface area (Å²) in [5.41, 5.74) is 0.140. The summed E-state index contributed by atoms with van der Waals surface area (Å²) in [6, 6.07) is 2.15. The summed E-state index contributed by atoms with van der Waals surface area (Å²) in [7, 11) is 1.26. The van der Waals surface area contributed by atoms with Crippen molar-refractivity contribution in [3.8, 4) is 5.75 Å². The molecule has 0 amide bonds. The lowest BCUT2D eigenvalue weighted by atomic mass is 10.2. The molecule has 1 rings (SSSR count). The summed E-state index contributed by atoms with van der Waals surface area (Å²) in [5, 5.41) is 10.4. The highest BCUT2D eigenvalue weighted by Crippen LogP contribution is 2.26. The third-order valence-corrected chi connectivity index (χ3v) is 1.67. The van der Waals surface area contributed by atoms with E-state index < -0.39 is 10.7 Å². The Morgan fingerprint density at radius 2 is 2.15 bits per heavy atom. The standard InChI is InChI=1S/C8H8FNO3/c1-5-3-6(9)8(13-2)4-7(5)10(11)12/h3-4H,1-2H3.